The molecule has 3 atom stereocenters. The van der Waals surface area contributed by atoms with Gasteiger partial charge in [0, 0.05) is 12.1 Å². The molecule has 0 bridgehead atoms. The van der Waals surface area contributed by atoms with Crippen LogP contribution in [0.1, 0.15) is 27.5 Å². The van der Waals surface area contributed by atoms with Crippen LogP contribution in [-0.4, -0.2) is 35.9 Å². The van der Waals surface area contributed by atoms with Gasteiger partial charge in [0.1, 0.15) is 5.92 Å². The number of esters is 1. The van der Waals surface area contributed by atoms with Gasteiger partial charge in [-0.3, -0.25) is 24.5 Å². The van der Waals surface area contributed by atoms with Crippen molar-refractivity contribution in [1.29, 1.82) is 0 Å². The Kier molecular flexibility index (Phi) is 7.08. The van der Waals surface area contributed by atoms with Gasteiger partial charge in [-0.2, -0.15) is 0 Å². The molecule has 0 aliphatic carbocycles. The fourth-order valence-corrected chi connectivity index (χ4v) is 5.46. The fourth-order valence-electron chi connectivity index (χ4n) is 5.46. The van der Waals surface area contributed by atoms with Gasteiger partial charge in [0.15, 0.2) is 17.6 Å². The van der Waals surface area contributed by atoms with Crippen LogP contribution in [0.4, 0.5) is 17.1 Å². The molecule has 2 aliphatic heterocycles. The van der Waals surface area contributed by atoms with Gasteiger partial charge in [-0.25, -0.2) is 14.8 Å². The standard InChI is InChI=1S/C32H25N3O8/c1-19-9-6-7-14-24(19)33-30(36)27-28(34(43-29(27)31(33)37)22-12-8-13-23(18-22)35(39)40)21-15-16-25(26(17-21)41-2)42-32(38)20-10-4-3-5-11-20/h3-18,27-29H,1-2H3/t27-,28-,29-/m1/s1. The fraction of sp³-hybridized carbons (Fsp3) is 0.156. The molecule has 0 unspecified atom stereocenters. The second-order valence-electron chi connectivity index (χ2n) is 10.1. The summed E-state index contributed by atoms with van der Waals surface area (Å²) in [5.41, 5.74) is 2.15. The van der Waals surface area contributed by atoms with Crippen LogP contribution in [-0.2, 0) is 14.4 Å². The number of amides is 2. The van der Waals surface area contributed by atoms with Crippen molar-refractivity contribution in [3.63, 3.8) is 0 Å². The van der Waals surface area contributed by atoms with Crippen molar-refractivity contribution in [2.45, 2.75) is 19.1 Å². The number of methoxy groups -OCH3 is 1. The molecule has 216 valence electrons. The highest BCUT2D eigenvalue weighted by Gasteiger charge is 2.60. The minimum atomic E-state index is -1.18. The molecule has 0 radical (unpaired) electrons. The molecule has 4 aromatic rings. The normalized spacial score (nSPS) is 19.3. The minimum Gasteiger partial charge on any atom is -0.493 e. The van der Waals surface area contributed by atoms with E-state index in [4.69, 9.17) is 14.3 Å². The second-order valence-corrected chi connectivity index (χ2v) is 10.1. The third kappa shape index (κ3) is 4.85. The summed E-state index contributed by atoms with van der Waals surface area (Å²) in [5.74, 6) is -2.23. The molecule has 11 heteroatoms. The molecule has 2 heterocycles. The van der Waals surface area contributed by atoms with Crippen molar-refractivity contribution in [2.75, 3.05) is 17.1 Å². The van der Waals surface area contributed by atoms with Gasteiger partial charge in [0.2, 0.25) is 5.91 Å². The smallest absolute Gasteiger partial charge is 0.343 e. The maximum atomic E-state index is 14.0. The number of hydroxylamine groups is 1. The van der Waals surface area contributed by atoms with E-state index >= 15 is 0 Å². The summed E-state index contributed by atoms with van der Waals surface area (Å²) in [6, 6.07) is 25.2. The number of para-hydroxylation sites is 1. The van der Waals surface area contributed by atoms with Crippen molar-refractivity contribution in [2.24, 2.45) is 5.92 Å². The van der Waals surface area contributed by atoms with E-state index in [9.17, 15) is 24.5 Å². The number of nitro groups is 1. The van der Waals surface area contributed by atoms with Crippen molar-refractivity contribution < 1.29 is 33.6 Å². The van der Waals surface area contributed by atoms with Gasteiger partial charge in [-0.15, -0.1) is 0 Å². The van der Waals surface area contributed by atoms with Gasteiger partial charge in [-0.1, -0.05) is 48.5 Å². The van der Waals surface area contributed by atoms with Gasteiger partial charge in [0.05, 0.1) is 35.0 Å². The van der Waals surface area contributed by atoms with E-state index in [0.717, 1.165) is 10.5 Å². The number of imide groups is 1. The molecule has 2 fully saturated rings. The number of ether oxygens (including phenoxy) is 2. The lowest BCUT2D eigenvalue weighted by Gasteiger charge is -2.29. The molecule has 0 N–H and O–H groups in total. The lowest BCUT2D eigenvalue weighted by Crippen LogP contribution is -2.37. The number of non-ortho nitro benzene ring substituents is 1. The van der Waals surface area contributed by atoms with E-state index in [0.29, 0.717) is 16.8 Å². The third-order valence-electron chi connectivity index (χ3n) is 7.51. The highest BCUT2D eigenvalue weighted by molar-refractivity contribution is 6.24. The summed E-state index contributed by atoms with van der Waals surface area (Å²) >= 11 is 0. The van der Waals surface area contributed by atoms with Gasteiger partial charge < -0.3 is 9.47 Å². The Morgan fingerprint density at radius 3 is 2.35 bits per heavy atom. The summed E-state index contributed by atoms with van der Waals surface area (Å²) in [6.45, 7) is 1.80. The summed E-state index contributed by atoms with van der Waals surface area (Å²) in [4.78, 5) is 58.7. The SMILES string of the molecule is COc1cc([C@@H]2[C@H]3C(=O)N(c4ccccc4C)C(=O)[C@@H]3ON2c2cccc([N+](=O)[O-])c2)ccc1OC(=O)c1ccccc1. The molecule has 0 saturated carbocycles. The molecule has 4 aromatic carbocycles. The molecule has 0 spiro atoms. The number of nitrogens with zero attached hydrogens (tertiary/aromatic N) is 3. The Morgan fingerprint density at radius 1 is 0.884 bits per heavy atom. The summed E-state index contributed by atoms with van der Waals surface area (Å²) in [6.07, 6.45) is -1.18. The zero-order valence-corrected chi connectivity index (χ0v) is 23.1. The quantitative estimate of drug-likeness (QED) is 0.0956. The molecule has 6 rings (SSSR count). The number of hydrogen-bond acceptors (Lipinski definition) is 9. The van der Waals surface area contributed by atoms with Crippen LogP contribution in [0.15, 0.2) is 97.1 Å². The molecule has 2 saturated heterocycles. The van der Waals surface area contributed by atoms with Crippen molar-refractivity contribution in [1.82, 2.24) is 0 Å². The predicted molar refractivity (Wildman–Crippen MR) is 155 cm³/mol. The third-order valence-corrected chi connectivity index (χ3v) is 7.51. The Bertz CT molecular complexity index is 1760. The topological polar surface area (TPSA) is 129 Å². The number of benzene rings is 4. The van der Waals surface area contributed by atoms with Gasteiger partial charge in [-0.05, 0) is 54.4 Å². The minimum absolute atomic E-state index is 0.146. The van der Waals surface area contributed by atoms with Crippen LogP contribution in [0, 0.1) is 23.0 Å². The number of fused-ring (bicyclic) bond motifs is 1. The number of aryl methyl sites for hydroxylation is 1. The molecule has 2 amide bonds. The van der Waals surface area contributed by atoms with Crippen LogP contribution < -0.4 is 19.4 Å². The predicted octanol–water partition coefficient (Wildman–Crippen LogP) is 5.18. The van der Waals surface area contributed by atoms with E-state index in [1.54, 1.807) is 73.7 Å². The van der Waals surface area contributed by atoms with E-state index in [1.165, 1.54) is 36.4 Å². The van der Waals surface area contributed by atoms with E-state index < -0.39 is 40.8 Å². The highest BCUT2D eigenvalue weighted by atomic mass is 16.7. The maximum Gasteiger partial charge on any atom is 0.343 e. The summed E-state index contributed by atoms with van der Waals surface area (Å²) in [5, 5.41) is 12.9. The molecular weight excluding hydrogens is 554 g/mol. The van der Waals surface area contributed by atoms with Gasteiger partial charge in [0.25, 0.3) is 11.6 Å². The molecule has 43 heavy (non-hydrogen) atoms. The average Bonchev–Trinajstić information content (AvgIpc) is 3.53. The Balaban J connectivity index is 1.42. The number of carbonyl (C=O) groups excluding carboxylic acids is 3. The molecule has 11 nitrogen and oxygen atoms in total. The van der Waals surface area contributed by atoms with Crippen LogP contribution in [0.25, 0.3) is 0 Å². The Labute approximate surface area is 245 Å². The van der Waals surface area contributed by atoms with Crippen molar-refractivity contribution >= 4 is 34.8 Å². The van der Waals surface area contributed by atoms with E-state index in [1.807, 2.05) is 6.07 Å². The van der Waals surface area contributed by atoms with Crippen molar-refractivity contribution in [3.05, 3.63) is 124 Å². The van der Waals surface area contributed by atoms with Crippen LogP contribution >= 0.6 is 0 Å². The van der Waals surface area contributed by atoms with Gasteiger partial charge >= 0.3 is 5.97 Å². The lowest BCUT2D eigenvalue weighted by atomic mass is 9.90. The first kappa shape index (κ1) is 27.6. The summed E-state index contributed by atoms with van der Waals surface area (Å²) in [7, 11) is 1.41. The largest absolute Gasteiger partial charge is 0.493 e. The number of hydrogen-bond donors (Lipinski definition) is 0. The van der Waals surface area contributed by atoms with E-state index in [2.05, 4.69) is 0 Å². The number of nitro benzene ring substituents is 1. The monoisotopic (exact) mass is 579 g/mol. The molecule has 0 aromatic heterocycles. The maximum absolute atomic E-state index is 14.0. The second kappa shape index (κ2) is 11.0. The number of carbonyl (C=O) groups is 3. The van der Waals surface area contributed by atoms with Crippen LogP contribution in [0.3, 0.4) is 0 Å². The lowest BCUT2D eigenvalue weighted by molar-refractivity contribution is -0.384. The van der Waals surface area contributed by atoms with Crippen molar-refractivity contribution in [3.8, 4) is 11.5 Å². The first-order valence-corrected chi connectivity index (χ1v) is 13.4. The average molecular weight is 580 g/mol. The number of rotatable bonds is 7. The van der Waals surface area contributed by atoms with E-state index in [-0.39, 0.29) is 22.9 Å². The molecular formula is C32H25N3O8. The van der Waals surface area contributed by atoms with Crippen LogP contribution in [0.5, 0.6) is 11.5 Å². The number of anilines is 2. The first-order valence-electron chi connectivity index (χ1n) is 13.4. The van der Waals surface area contributed by atoms with Crippen LogP contribution in [0.2, 0.25) is 0 Å². The molecule has 2 aliphatic rings. The summed E-state index contributed by atoms with van der Waals surface area (Å²) < 4.78 is 11.1. The zero-order valence-electron chi connectivity index (χ0n) is 23.1. The highest BCUT2D eigenvalue weighted by Crippen LogP contribution is 2.49. The Morgan fingerprint density at radius 2 is 1.63 bits per heavy atom. The first-order chi connectivity index (χ1) is 20.8. The Hall–Kier alpha value is -5.55. The zero-order chi connectivity index (χ0) is 30.2.